The standard InChI is InChI=1S/C7H5F4NS/c8-5-3-4(12)1-2-6(5)13-7(9,10)11/h1-3H,12H2. The summed E-state index contributed by atoms with van der Waals surface area (Å²) in [6, 6.07) is 3.08. The number of hydrogen-bond acceptors (Lipinski definition) is 2. The molecule has 1 rings (SSSR count). The average Bonchev–Trinajstić information content (AvgIpc) is 1.93. The lowest BCUT2D eigenvalue weighted by Gasteiger charge is -2.06. The summed E-state index contributed by atoms with van der Waals surface area (Å²) in [7, 11) is 0. The second-order valence-electron chi connectivity index (χ2n) is 2.24. The van der Waals surface area contributed by atoms with Crippen molar-refractivity contribution in [3.05, 3.63) is 24.0 Å². The highest BCUT2D eigenvalue weighted by atomic mass is 32.2. The molecule has 0 heterocycles. The van der Waals surface area contributed by atoms with Gasteiger partial charge in [0, 0.05) is 5.69 Å². The summed E-state index contributed by atoms with van der Waals surface area (Å²) in [4.78, 5) is -0.471. The van der Waals surface area contributed by atoms with Gasteiger partial charge in [0.25, 0.3) is 0 Å². The van der Waals surface area contributed by atoms with Gasteiger partial charge in [-0.15, -0.1) is 0 Å². The number of anilines is 1. The van der Waals surface area contributed by atoms with E-state index < -0.39 is 28.0 Å². The topological polar surface area (TPSA) is 26.0 Å². The molecule has 0 saturated heterocycles. The first-order valence-electron chi connectivity index (χ1n) is 3.19. The maximum atomic E-state index is 12.8. The quantitative estimate of drug-likeness (QED) is 0.439. The second-order valence-corrected chi connectivity index (χ2v) is 3.34. The first-order valence-corrected chi connectivity index (χ1v) is 4.01. The van der Waals surface area contributed by atoms with Crippen LogP contribution in [0.25, 0.3) is 0 Å². The van der Waals surface area contributed by atoms with Crippen LogP contribution >= 0.6 is 11.8 Å². The first kappa shape index (κ1) is 10.2. The molecule has 0 bridgehead atoms. The zero-order valence-electron chi connectivity index (χ0n) is 6.23. The van der Waals surface area contributed by atoms with E-state index in [1.807, 2.05) is 0 Å². The third-order valence-electron chi connectivity index (χ3n) is 1.18. The van der Waals surface area contributed by atoms with Crippen molar-refractivity contribution in [1.82, 2.24) is 0 Å². The summed E-state index contributed by atoms with van der Waals surface area (Å²) < 4.78 is 48.1. The van der Waals surface area contributed by atoms with Crippen LogP contribution in [0, 0.1) is 5.82 Å². The summed E-state index contributed by atoms with van der Waals surface area (Å²) in [5.41, 5.74) is 0.786. The van der Waals surface area contributed by atoms with Gasteiger partial charge in [-0.25, -0.2) is 4.39 Å². The number of benzene rings is 1. The number of hydrogen-bond donors (Lipinski definition) is 1. The van der Waals surface area contributed by atoms with Crippen LogP contribution < -0.4 is 5.73 Å². The summed E-state index contributed by atoms with van der Waals surface area (Å²) in [6.45, 7) is 0. The highest BCUT2D eigenvalue weighted by Crippen LogP contribution is 2.38. The van der Waals surface area contributed by atoms with E-state index >= 15 is 0 Å². The molecule has 0 unspecified atom stereocenters. The zero-order valence-corrected chi connectivity index (χ0v) is 7.05. The molecule has 1 nitrogen and oxygen atoms in total. The molecule has 0 aliphatic heterocycles. The molecule has 0 atom stereocenters. The largest absolute Gasteiger partial charge is 0.446 e. The molecular weight excluding hydrogens is 206 g/mol. The Kier molecular flexibility index (Phi) is 2.70. The highest BCUT2D eigenvalue weighted by Gasteiger charge is 2.30. The van der Waals surface area contributed by atoms with Crippen LogP contribution in [0.2, 0.25) is 0 Å². The predicted molar refractivity (Wildman–Crippen MR) is 42.7 cm³/mol. The number of halogens is 4. The molecule has 13 heavy (non-hydrogen) atoms. The maximum Gasteiger partial charge on any atom is 0.446 e. The first-order chi connectivity index (χ1) is 5.88. The van der Waals surface area contributed by atoms with Gasteiger partial charge in [0.15, 0.2) is 0 Å². The predicted octanol–water partition coefficient (Wildman–Crippen LogP) is 3.02. The van der Waals surface area contributed by atoms with Crippen molar-refractivity contribution >= 4 is 17.4 Å². The molecule has 0 radical (unpaired) electrons. The minimum atomic E-state index is -4.48. The Morgan fingerprint density at radius 2 is 1.85 bits per heavy atom. The van der Waals surface area contributed by atoms with E-state index in [0.717, 1.165) is 12.1 Å². The molecule has 0 aromatic heterocycles. The number of nitrogens with two attached hydrogens (primary N) is 1. The van der Waals surface area contributed by atoms with Gasteiger partial charge in [0.2, 0.25) is 0 Å². The summed E-state index contributed by atoms with van der Waals surface area (Å²) in [5.74, 6) is -0.956. The molecule has 1 aromatic carbocycles. The minimum Gasteiger partial charge on any atom is -0.399 e. The zero-order chi connectivity index (χ0) is 10.1. The van der Waals surface area contributed by atoms with Crippen LogP contribution in [0.5, 0.6) is 0 Å². The monoisotopic (exact) mass is 211 g/mol. The summed E-state index contributed by atoms with van der Waals surface area (Å²) >= 11 is -0.494. The lowest BCUT2D eigenvalue weighted by molar-refractivity contribution is -0.0329. The average molecular weight is 211 g/mol. The molecule has 0 aliphatic rings. The van der Waals surface area contributed by atoms with Gasteiger partial charge in [-0.1, -0.05) is 0 Å². The second kappa shape index (κ2) is 3.45. The Balaban J connectivity index is 2.90. The molecule has 0 saturated carbocycles. The minimum absolute atomic E-state index is 0.101. The van der Waals surface area contributed by atoms with Crippen molar-refractivity contribution in [2.45, 2.75) is 10.4 Å². The Morgan fingerprint density at radius 3 is 2.31 bits per heavy atom. The van der Waals surface area contributed by atoms with Gasteiger partial charge in [0.05, 0.1) is 4.90 Å². The van der Waals surface area contributed by atoms with Crippen molar-refractivity contribution in [2.75, 3.05) is 5.73 Å². The Morgan fingerprint density at radius 1 is 1.23 bits per heavy atom. The lowest BCUT2D eigenvalue weighted by atomic mass is 10.3. The lowest BCUT2D eigenvalue weighted by Crippen LogP contribution is -2.00. The molecule has 6 heteroatoms. The van der Waals surface area contributed by atoms with E-state index in [1.54, 1.807) is 0 Å². The smallest absolute Gasteiger partial charge is 0.399 e. The van der Waals surface area contributed by atoms with E-state index in [-0.39, 0.29) is 5.69 Å². The van der Waals surface area contributed by atoms with Crippen molar-refractivity contribution < 1.29 is 17.6 Å². The van der Waals surface area contributed by atoms with Crippen molar-refractivity contribution in [3.8, 4) is 0 Å². The number of nitrogen functional groups attached to an aromatic ring is 1. The number of rotatable bonds is 1. The molecular formula is C7H5F4NS. The van der Waals surface area contributed by atoms with Crippen LogP contribution in [0.3, 0.4) is 0 Å². The van der Waals surface area contributed by atoms with E-state index in [2.05, 4.69) is 0 Å². The van der Waals surface area contributed by atoms with Crippen molar-refractivity contribution in [2.24, 2.45) is 0 Å². The molecule has 1 aromatic rings. The Hall–Kier alpha value is -0.910. The molecule has 0 amide bonds. The normalized spacial score (nSPS) is 11.7. The van der Waals surface area contributed by atoms with Crippen LogP contribution in [-0.2, 0) is 0 Å². The van der Waals surface area contributed by atoms with Crippen LogP contribution in [0.1, 0.15) is 0 Å². The number of alkyl halides is 3. The van der Waals surface area contributed by atoms with Crippen molar-refractivity contribution in [1.29, 1.82) is 0 Å². The molecule has 0 aliphatic carbocycles. The van der Waals surface area contributed by atoms with Crippen LogP contribution in [-0.4, -0.2) is 5.51 Å². The molecule has 2 N–H and O–H groups in total. The third kappa shape index (κ3) is 3.14. The van der Waals surface area contributed by atoms with E-state index in [4.69, 9.17) is 5.73 Å². The van der Waals surface area contributed by atoms with Crippen LogP contribution in [0.4, 0.5) is 23.2 Å². The molecule has 0 fully saturated rings. The van der Waals surface area contributed by atoms with Gasteiger partial charge in [-0.05, 0) is 30.0 Å². The SMILES string of the molecule is Nc1ccc(SC(F)(F)F)c(F)c1. The fraction of sp³-hybridized carbons (Fsp3) is 0.143. The van der Waals surface area contributed by atoms with Gasteiger partial charge >= 0.3 is 5.51 Å². The van der Waals surface area contributed by atoms with Gasteiger partial charge in [-0.2, -0.15) is 13.2 Å². The fourth-order valence-corrected chi connectivity index (χ4v) is 1.27. The Bertz CT molecular complexity index is 310. The van der Waals surface area contributed by atoms with Gasteiger partial charge in [0.1, 0.15) is 5.82 Å². The number of thioether (sulfide) groups is 1. The molecule has 72 valence electrons. The van der Waals surface area contributed by atoms with E-state index in [9.17, 15) is 17.6 Å². The van der Waals surface area contributed by atoms with Gasteiger partial charge < -0.3 is 5.73 Å². The van der Waals surface area contributed by atoms with Gasteiger partial charge in [-0.3, -0.25) is 0 Å². The van der Waals surface area contributed by atoms with Crippen LogP contribution in [0.15, 0.2) is 23.1 Å². The summed E-state index contributed by atoms with van der Waals surface area (Å²) in [5, 5.41) is 0. The fourth-order valence-electron chi connectivity index (χ4n) is 0.725. The van der Waals surface area contributed by atoms with Crippen molar-refractivity contribution in [3.63, 3.8) is 0 Å². The molecule has 0 spiro atoms. The summed E-state index contributed by atoms with van der Waals surface area (Å²) in [6.07, 6.45) is 0. The highest BCUT2D eigenvalue weighted by molar-refractivity contribution is 8.00. The van der Waals surface area contributed by atoms with E-state index in [0.29, 0.717) is 0 Å². The third-order valence-corrected chi connectivity index (χ3v) is 1.96. The van der Waals surface area contributed by atoms with E-state index in [1.165, 1.54) is 6.07 Å². The Labute approximate surface area is 75.9 Å². The maximum absolute atomic E-state index is 12.8.